The lowest BCUT2D eigenvalue weighted by atomic mass is 10.0. The molecule has 1 amide bonds. The largest absolute Gasteiger partial charge is 0.335 e. The van der Waals surface area contributed by atoms with Crippen LogP contribution in [-0.2, 0) is 0 Å². The van der Waals surface area contributed by atoms with Gasteiger partial charge in [0.15, 0.2) is 4.47 Å². The third-order valence-electron chi connectivity index (χ3n) is 3.72. The van der Waals surface area contributed by atoms with Crippen molar-refractivity contribution in [2.75, 3.05) is 26.2 Å². The lowest BCUT2D eigenvalue weighted by Gasteiger charge is -2.38. The second kappa shape index (κ2) is 6.73. The molecule has 1 aromatic heterocycles. The van der Waals surface area contributed by atoms with Gasteiger partial charge in [-0.2, -0.15) is 5.26 Å². The average molecular weight is 327 g/mol. The van der Waals surface area contributed by atoms with E-state index >= 15 is 0 Å². The Morgan fingerprint density at radius 3 is 2.43 bits per heavy atom. The molecule has 1 aliphatic rings. The number of carbonyl (C=O) groups is 1. The van der Waals surface area contributed by atoms with Gasteiger partial charge in [-0.3, -0.25) is 9.69 Å². The van der Waals surface area contributed by atoms with Gasteiger partial charge in [0, 0.05) is 26.2 Å². The van der Waals surface area contributed by atoms with E-state index in [1.807, 2.05) is 18.7 Å². The fourth-order valence-electron chi connectivity index (χ4n) is 2.56. The van der Waals surface area contributed by atoms with Gasteiger partial charge in [-0.1, -0.05) is 36.8 Å². The van der Waals surface area contributed by atoms with Crippen LogP contribution < -0.4 is 0 Å². The molecule has 1 aromatic rings. The molecule has 2 rings (SSSR count). The Morgan fingerprint density at radius 1 is 1.38 bits per heavy atom. The first-order valence-corrected chi connectivity index (χ1v) is 8.19. The van der Waals surface area contributed by atoms with Gasteiger partial charge in [-0.05, 0) is 12.8 Å². The number of aryl methyl sites for hydroxylation is 1. The van der Waals surface area contributed by atoms with Crippen molar-refractivity contribution in [3.63, 3.8) is 0 Å². The number of halogens is 1. The van der Waals surface area contributed by atoms with E-state index in [0.717, 1.165) is 13.1 Å². The number of nitriles is 1. The molecule has 1 saturated heterocycles. The van der Waals surface area contributed by atoms with E-state index in [2.05, 4.69) is 16.0 Å². The molecule has 7 heteroatoms. The van der Waals surface area contributed by atoms with E-state index in [1.165, 1.54) is 11.3 Å². The summed E-state index contributed by atoms with van der Waals surface area (Å²) in [6, 6.07) is 2.27. The first-order valence-electron chi connectivity index (χ1n) is 7.00. The number of hydrogen-bond acceptors (Lipinski definition) is 5. The predicted octanol–water partition coefficient (Wildman–Crippen LogP) is 2.41. The fraction of sp³-hybridized carbons (Fsp3) is 0.643. The summed E-state index contributed by atoms with van der Waals surface area (Å²) in [4.78, 5) is 21.2. The molecule has 2 heterocycles. The van der Waals surface area contributed by atoms with E-state index < -0.39 is 0 Å². The van der Waals surface area contributed by atoms with Crippen LogP contribution in [0.1, 0.15) is 29.2 Å². The zero-order valence-corrected chi connectivity index (χ0v) is 14.0. The third kappa shape index (κ3) is 3.54. The molecule has 1 atom stereocenters. The molecule has 0 N–H and O–H groups in total. The van der Waals surface area contributed by atoms with Gasteiger partial charge in [0.2, 0.25) is 0 Å². The topological polar surface area (TPSA) is 60.2 Å². The zero-order valence-electron chi connectivity index (χ0n) is 12.5. The Kier molecular flexibility index (Phi) is 5.20. The summed E-state index contributed by atoms with van der Waals surface area (Å²) >= 11 is 7.09. The second-order valence-corrected chi connectivity index (χ2v) is 7.11. The standard InChI is InChI=1S/C14H19ClN4OS/c1-9(2)11(8-16)18-4-6-19(7-5-18)13(20)12-10(3)17-14(15)21-12/h9,11H,4-7H2,1-3H3. The number of amides is 1. The molecule has 114 valence electrons. The summed E-state index contributed by atoms with van der Waals surface area (Å²) in [6.07, 6.45) is 0. The summed E-state index contributed by atoms with van der Waals surface area (Å²) in [5, 5.41) is 9.25. The van der Waals surface area contributed by atoms with Crippen LogP contribution in [0.2, 0.25) is 4.47 Å². The van der Waals surface area contributed by atoms with Crippen LogP contribution in [0.15, 0.2) is 0 Å². The average Bonchev–Trinajstić information content (AvgIpc) is 2.78. The molecule has 5 nitrogen and oxygen atoms in total. The van der Waals surface area contributed by atoms with Crippen LogP contribution in [0.3, 0.4) is 0 Å². The first-order chi connectivity index (χ1) is 9.93. The minimum Gasteiger partial charge on any atom is -0.335 e. The quantitative estimate of drug-likeness (QED) is 0.855. The van der Waals surface area contributed by atoms with Crippen LogP contribution in [0.4, 0.5) is 0 Å². The van der Waals surface area contributed by atoms with Crippen molar-refractivity contribution < 1.29 is 4.79 Å². The molecule has 0 spiro atoms. The normalized spacial score (nSPS) is 17.8. The molecule has 0 aromatic carbocycles. The molecule has 0 saturated carbocycles. The third-order valence-corrected chi connectivity index (χ3v) is 4.97. The highest BCUT2D eigenvalue weighted by atomic mass is 35.5. The lowest BCUT2D eigenvalue weighted by molar-refractivity contribution is 0.0580. The summed E-state index contributed by atoms with van der Waals surface area (Å²) in [6.45, 7) is 8.64. The minimum absolute atomic E-state index is 0.00500. The van der Waals surface area contributed by atoms with Gasteiger partial charge in [-0.15, -0.1) is 0 Å². The van der Waals surface area contributed by atoms with Crippen molar-refractivity contribution in [2.45, 2.75) is 26.8 Å². The molecular formula is C14H19ClN4OS. The van der Waals surface area contributed by atoms with Crippen LogP contribution in [0.25, 0.3) is 0 Å². The Hall–Kier alpha value is -1.16. The summed E-state index contributed by atoms with van der Waals surface area (Å²) < 4.78 is 0.402. The predicted molar refractivity (Wildman–Crippen MR) is 83.6 cm³/mol. The number of piperazine rings is 1. The minimum atomic E-state index is -0.0816. The van der Waals surface area contributed by atoms with Gasteiger partial charge < -0.3 is 4.90 Å². The SMILES string of the molecule is Cc1nc(Cl)sc1C(=O)N1CCN(C(C#N)C(C)C)CC1. The van der Waals surface area contributed by atoms with Gasteiger partial charge >= 0.3 is 0 Å². The second-order valence-electron chi connectivity index (χ2n) is 5.53. The monoisotopic (exact) mass is 326 g/mol. The Bertz CT molecular complexity index is 558. The van der Waals surface area contributed by atoms with E-state index in [1.54, 1.807) is 6.92 Å². The van der Waals surface area contributed by atoms with Crippen molar-refractivity contribution in [2.24, 2.45) is 5.92 Å². The van der Waals surface area contributed by atoms with E-state index in [9.17, 15) is 10.1 Å². The van der Waals surface area contributed by atoms with Crippen molar-refractivity contribution in [1.29, 1.82) is 5.26 Å². The highest BCUT2D eigenvalue weighted by molar-refractivity contribution is 7.17. The Labute approximate surface area is 134 Å². The molecule has 0 bridgehead atoms. The summed E-state index contributed by atoms with van der Waals surface area (Å²) in [5.41, 5.74) is 0.689. The maximum absolute atomic E-state index is 12.5. The molecule has 1 fully saturated rings. The van der Waals surface area contributed by atoms with E-state index in [4.69, 9.17) is 11.6 Å². The number of hydrogen-bond donors (Lipinski definition) is 0. The Morgan fingerprint density at radius 2 is 2.00 bits per heavy atom. The molecule has 0 radical (unpaired) electrons. The number of nitrogens with zero attached hydrogens (tertiary/aromatic N) is 4. The zero-order chi connectivity index (χ0) is 15.6. The summed E-state index contributed by atoms with van der Waals surface area (Å²) in [5.74, 6) is 0.286. The maximum Gasteiger partial charge on any atom is 0.265 e. The first kappa shape index (κ1) is 16.2. The molecule has 21 heavy (non-hydrogen) atoms. The van der Waals surface area contributed by atoms with Crippen LogP contribution >= 0.6 is 22.9 Å². The van der Waals surface area contributed by atoms with Crippen molar-refractivity contribution in [1.82, 2.24) is 14.8 Å². The van der Waals surface area contributed by atoms with Crippen LogP contribution in [0.5, 0.6) is 0 Å². The highest BCUT2D eigenvalue weighted by Gasteiger charge is 2.29. The van der Waals surface area contributed by atoms with E-state index in [-0.39, 0.29) is 11.9 Å². The van der Waals surface area contributed by atoms with Crippen molar-refractivity contribution in [3.05, 3.63) is 15.0 Å². The summed E-state index contributed by atoms with van der Waals surface area (Å²) in [7, 11) is 0. The maximum atomic E-state index is 12.5. The number of aromatic nitrogens is 1. The van der Waals surface area contributed by atoms with Crippen molar-refractivity contribution >= 4 is 28.8 Å². The highest BCUT2D eigenvalue weighted by Crippen LogP contribution is 2.24. The van der Waals surface area contributed by atoms with Crippen LogP contribution in [0, 0.1) is 24.2 Å². The molecule has 1 aliphatic heterocycles. The molecular weight excluding hydrogens is 308 g/mol. The number of carbonyl (C=O) groups excluding carboxylic acids is 1. The van der Waals surface area contributed by atoms with Gasteiger partial charge in [-0.25, -0.2) is 4.98 Å². The van der Waals surface area contributed by atoms with Gasteiger partial charge in [0.05, 0.1) is 11.8 Å². The molecule has 1 unspecified atom stereocenters. The smallest absolute Gasteiger partial charge is 0.265 e. The number of rotatable bonds is 3. The van der Waals surface area contributed by atoms with Gasteiger partial charge in [0.25, 0.3) is 5.91 Å². The van der Waals surface area contributed by atoms with Crippen LogP contribution in [-0.4, -0.2) is 52.9 Å². The van der Waals surface area contributed by atoms with Crippen molar-refractivity contribution in [3.8, 4) is 6.07 Å². The number of thiazole rings is 1. The Balaban J connectivity index is 2.00. The van der Waals surface area contributed by atoms with E-state index in [0.29, 0.717) is 34.0 Å². The lowest BCUT2D eigenvalue weighted by Crippen LogP contribution is -2.52. The fourth-order valence-corrected chi connectivity index (χ4v) is 3.68. The van der Waals surface area contributed by atoms with Gasteiger partial charge in [0.1, 0.15) is 10.9 Å². The molecule has 0 aliphatic carbocycles.